The minimum absolute atomic E-state index is 0.0199. The molecule has 0 spiro atoms. The molecule has 5 nitrogen and oxygen atoms in total. The van der Waals surface area contributed by atoms with Gasteiger partial charge < -0.3 is 4.42 Å². The molecular weight excluding hydrogens is 343 g/mol. The average molecular weight is 356 g/mol. The lowest BCUT2D eigenvalue weighted by molar-refractivity contribution is -0.129. The molecule has 0 bridgehead atoms. The highest BCUT2D eigenvalue weighted by Gasteiger charge is 2.32. The van der Waals surface area contributed by atoms with Crippen molar-refractivity contribution in [2.75, 3.05) is 0 Å². The Hall–Kier alpha value is -3.06. The summed E-state index contributed by atoms with van der Waals surface area (Å²) in [6.45, 7) is 0.136. The number of carbonyl (C=O) groups is 2. The molecule has 1 aromatic heterocycles. The van der Waals surface area contributed by atoms with Crippen molar-refractivity contribution >= 4 is 35.2 Å². The molecule has 0 unspecified atom stereocenters. The number of benzene rings is 1. The Morgan fingerprint density at radius 2 is 1.96 bits per heavy atom. The van der Waals surface area contributed by atoms with Crippen molar-refractivity contribution in [3.05, 3.63) is 77.5 Å². The van der Waals surface area contributed by atoms with Crippen LogP contribution in [0.4, 0.5) is 4.39 Å². The summed E-state index contributed by atoms with van der Waals surface area (Å²) in [5.41, 5.74) is 0.650. The summed E-state index contributed by atoms with van der Waals surface area (Å²) in [6, 6.07) is 9.19. The SMILES string of the molecule is O=C1NC(=S)N(Cc2ccc(F)cc2)C(=O)/C1=C\C=C\c1ccco1. The quantitative estimate of drug-likeness (QED) is 0.520. The third-order valence-electron chi connectivity index (χ3n) is 3.51. The fourth-order valence-electron chi connectivity index (χ4n) is 2.25. The predicted octanol–water partition coefficient (Wildman–Crippen LogP) is 2.80. The molecular formula is C18H13FN2O3S. The van der Waals surface area contributed by atoms with E-state index in [4.69, 9.17) is 16.6 Å². The van der Waals surface area contributed by atoms with Crippen LogP contribution in [0, 0.1) is 5.82 Å². The lowest BCUT2D eigenvalue weighted by atomic mass is 10.1. The van der Waals surface area contributed by atoms with E-state index >= 15 is 0 Å². The monoisotopic (exact) mass is 356 g/mol. The molecule has 0 aliphatic carbocycles. The zero-order valence-corrected chi connectivity index (χ0v) is 13.8. The van der Waals surface area contributed by atoms with Gasteiger partial charge in [0.05, 0.1) is 12.8 Å². The number of hydrogen-bond acceptors (Lipinski definition) is 4. The lowest BCUT2D eigenvalue weighted by Gasteiger charge is -2.28. The smallest absolute Gasteiger partial charge is 0.265 e. The van der Waals surface area contributed by atoms with Crippen molar-refractivity contribution in [1.82, 2.24) is 10.2 Å². The summed E-state index contributed by atoms with van der Waals surface area (Å²) in [7, 11) is 0. The summed E-state index contributed by atoms with van der Waals surface area (Å²) < 4.78 is 18.1. The lowest BCUT2D eigenvalue weighted by Crippen LogP contribution is -2.53. The number of amides is 2. The number of hydrogen-bond donors (Lipinski definition) is 1. The van der Waals surface area contributed by atoms with Gasteiger partial charge in [-0.25, -0.2) is 4.39 Å². The number of thiocarbonyl (C=S) groups is 1. The van der Waals surface area contributed by atoms with Gasteiger partial charge in [-0.15, -0.1) is 0 Å². The van der Waals surface area contributed by atoms with Crippen LogP contribution in [0.3, 0.4) is 0 Å². The molecule has 2 aromatic rings. The number of rotatable bonds is 4. The molecule has 3 rings (SSSR count). The number of furan rings is 1. The second-order valence-corrected chi connectivity index (χ2v) is 5.62. The second-order valence-electron chi connectivity index (χ2n) is 5.23. The number of halogens is 1. The molecule has 2 heterocycles. The summed E-state index contributed by atoms with van der Waals surface area (Å²) in [5, 5.41) is 2.50. The van der Waals surface area contributed by atoms with E-state index in [-0.39, 0.29) is 23.0 Å². The maximum absolute atomic E-state index is 13.0. The molecule has 1 aromatic carbocycles. The molecule has 0 saturated carbocycles. The third kappa shape index (κ3) is 3.89. The molecule has 25 heavy (non-hydrogen) atoms. The minimum atomic E-state index is -0.561. The Labute approximate surface area is 148 Å². The van der Waals surface area contributed by atoms with Crippen molar-refractivity contribution in [2.24, 2.45) is 0 Å². The third-order valence-corrected chi connectivity index (χ3v) is 3.83. The van der Waals surface area contributed by atoms with Crippen LogP contribution in [-0.4, -0.2) is 21.8 Å². The van der Waals surface area contributed by atoms with Crippen LogP contribution in [0.1, 0.15) is 11.3 Å². The van der Waals surface area contributed by atoms with E-state index < -0.39 is 11.8 Å². The predicted molar refractivity (Wildman–Crippen MR) is 93.5 cm³/mol. The molecule has 1 fully saturated rings. The van der Waals surface area contributed by atoms with E-state index in [1.807, 2.05) is 0 Å². The van der Waals surface area contributed by atoms with Gasteiger partial charge in [-0.3, -0.25) is 19.8 Å². The zero-order chi connectivity index (χ0) is 17.8. The molecule has 1 saturated heterocycles. The highest BCUT2D eigenvalue weighted by molar-refractivity contribution is 7.80. The van der Waals surface area contributed by atoms with Crippen LogP contribution in [0.5, 0.6) is 0 Å². The van der Waals surface area contributed by atoms with Crippen molar-refractivity contribution in [3.63, 3.8) is 0 Å². The van der Waals surface area contributed by atoms with Crippen LogP contribution in [0.2, 0.25) is 0 Å². The maximum atomic E-state index is 13.0. The van der Waals surface area contributed by atoms with E-state index in [0.29, 0.717) is 11.3 Å². The first-order valence-electron chi connectivity index (χ1n) is 7.38. The molecule has 0 radical (unpaired) electrons. The number of allylic oxidation sites excluding steroid dienone is 2. The molecule has 1 aliphatic rings. The molecule has 2 amide bonds. The zero-order valence-electron chi connectivity index (χ0n) is 12.9. The Morgan fingerprint density at radius 3 is 2.64 bits per heavy atom. The summed E-state index contributed by atoms with van der Waals surface area (Å²) in [6.07, 6.45) is 6.11. The van der Waals surface area contributed by atoms with Gasteiger partial charge in [0.25, 0.3) is 11.8 Å². The fourth-order valence-corrected chi connectivity index (χ4v) is 2.50. The van der Waals surface area contributed by atoms with Gasteiger partial charge in [0.15, 0.2) is 5.11 Å². The van der Waals surface area contributed by atoms with E-state index in [0.717, 1.165) is 0 Å². The minimum Gasteiger partial charge on any atom is -0.465 e. The molecule has 126 valence electrons. The Morgan fingerprint density at radius 1 is 1.20 bits per heavy atom. The Balaban J connectivity index is 1.80. The molecule has 1 N–H and O–H groups in total. The van der Waals surface area contributed by atoms with Crippen molar-refractivity contribution in [3.8, 4) is 0 Å². The summed E-state index contributed by atoms with van der Waals surface area (Å²) in [5.74, 6) is -0.843. The molecule has 0 atom stereocenters. The van der Waals surface area contributed by atoms with Gasteiger partial charge in [-0.2, -0.15) is 0 Å². The van der Waals surface area contributed by atoms with Crippen LogP contribution in [0.15, 0.2) is 64.8 Å². The number of nitrogens with zero attached hydrogens (tertiary/aromatic N) is 1. The highest BCUT2D eigenvalue weighted by atomic mass is 32.1. The fraction of sp³-hybridized carbons (Fsp3) is 0.0556. The van der Waals surface area contributed by atoms with Gasteiger partial charge in [0, 0.05) is 0 Å². The first-order valence-corrected chi connectivity index (χ1v) is 7.79. The van der Waals surface area contributed by atoms with E-state index in [1.54, 1.807) is 36.4 Å². The number of carbonyl (C=O) groups excluding carboxylic acids is 2. The van der Waals surface area contributed by atoms with Crippen LogP contribution < -0.4 is 5.32 Å². The van der Waals surface area contributed by atoms with Crippen LogP contribution >= 0.6 is 12.2 Å². The van der Waals surface area contributed by atoms with E-state index in [9.17, 15) is 14.0 Å². The normalized spacial score (nSPS) is 16.8. The van der Waals surface area contributed by atoms with E-state index in [1.165, 1.54) is 29.4 Å². The van der Waals surface area contributed by atoms with Gasteiger partial charge in [-0.1, -0.05) is 18.2 Å². The van der Waals surface area contributed by atoms with Crippen molar-refractivity contribution in [2.45, 2.75) is 6.54 Å². The van der Waals surface area contributed by atoms with E-state index in [2.05, 4.69) is 5.32 Å². The molecule has 7 heteroatoms. The van der Waals surface area contributed by atoms with Crippen molar-refractivity contribution in [1.29, 1.82) is 0 Å². The Bertz CT molecular complexity index is 870. The second kappa shape index (κ2) is 7.23. The first kappa shape index (κ1) is 16.8. The summed E-state index contributed by atoms with van der Waals surface area (Å²) in [4.78, 5) is 25.9. The summed E-state index contributed by atoms with van der Waals surface area (Å²) >= 11 is 5.08. The first-order chi connectivity index (χ1) is 12.0. The van der Waals surface area contributed by atoms with Gasteiger partial charge in [0.2, 0.25) is 0 Å². The average Bonchev–Trinajstić information content (AvgIpc) is 3.09. The number of nitrogens with one attached hydrogen (secondary N) is 1. The topological polar surface area (TPSA) is 62.6 Å². The standard InChI is InChI=1S/C18H13FN2O3S/c19-13-8-6-12(7-9-13)11-21-17(23)15(16(22)20-18(21)25)5-1-3-14-4-2-10-24-14/h1-10H,11H2,(H,20,22,25)/b3-1+,15-5-. The Kier molecular flexibility index (Phi) is 4.85. The molecule has 1 aliphatic heterocycles. The highest BCUT2D eigenvalue weighted by Crippen LogP contribution is 2.15. The van der Waals surface area contributed by atoms with Crippen LogP contribution in [0.25, 0.3) is 6.08 Å². The van der Waals surface area contributed by atoms with Gasteiger partial charge >= 0.3 is 0 Å². The largest absolute Gasteiger partial charge is 0.465 e. The van der Waals surface area contributed by atoms with Gasteiger partial charge in [-0.05, 0) is 54.2 Å². The van der Waals surface area contributed by atoms with Crippen molar-refractivity contribution < 1.29 is 18.4 Å². The van der Waals surface area contributed by atoms with Crippen LogP contribution in [-0.2, 0) is 16.1 Å². The van der Waals surface area contributed by atoms with Gasteiger partial charge in [0.1, 0.15) is 17.2 Å². The maximum Gasteiger partial charge on any atom is 0.265 e.